The van der Waals surface area contributed by atoms with E-state index in [1.165, 1.54) is 19.1 Å². The Bertz CT molecular complexity index is 571. The van der Waals surface area contributed by atoms with Crippen LogP contribution in [-0.4, -0.2) is 20.6 Å². The molecule has 1 aromatic rings. The molecule has 0 aliphatic carbocycles. The van der Waals surface area contributed by atoms with E-state index >= 15 is 0 Å². The molecule has 0 heterocycles. The first-order valence-corrected chi connectivity index (χ1v) is 7.37. The standard InChI is InChI=1S/C10H11Cl2NO4S/c1-6(14)13-9-4-3-8(11)7(10(9)12)5-17-18(2,15)16/h3-4H,5H2,1-2H3,(H,13,14). The molecule has 0 fully saturated rings. The lowest BCUT2D eigenvalue weighted by Crippen LogP contribution is -2.08. The number of carbonyl (C=O) groups excluding carboxylic acids is 1. The third-order valence-corrected chi connectivity index (χ3v) is 3.25. The highest BCUT2D eigenvalue weighted by Gasteiger charge is 2.14. The van der Waals surface area contributed by atoms with Crippen LogP contribution in [0.2, 0.25) is 10.0 Å². The fourth-order valence-corrected chi connectivity index (χ4v) is 2.04. The van der Waals surface area contributed by atoms with Crippen LogP contribution in [0.4, 0.5) is 5.69 Å². The SMILES string of the molecule is CC(=O)Nc1ccc(Cl)c(COS(C)(=O)=O)c1Cl. The summed E-state index contributed by atoms with van der Waals surface area (Å²) in [4.78, 5) is 10.9. The fourth-order valence-electron chi connectivity index (χ4n) is 1.18. The van der Waals surface area contributed by atoms with Crippen molar-refractivity contribution in [2.75, 3.05) is 11.6 Å². The molecule has 0 aliphatic rings. The van der Waals surface area contributed by atoms with Crippen LogP contribution >= 0.6 is 23.2 Å². The van der Waals surface area contributed by atoms with E-state index in [1.807, 2.05) is 0 Å². The van der Waals surface area contributed by atoms with Crippen LogP contribution in [0.3, 0.4) is 0 Å². The van der Waals surface area contributed by atoms with Gasteiger partial charge in [0, 0.05) is 17.5 Å². The Balaban J connectivity index is 3.06. The van der Waals surface area contributed by atoms with Gasteiger partial charge in [-0.2, -0.15) is 8.42 Å². The Morgan fingerprint density at radius 1 is 1.39 bits per heavy atom. The van der Waals surface area contributed by atoms with E-state index in [4.69, 9.17) is 23.2 Å². The summed E-state index contributed by atoms with van der Waals surface area (Å²) < 4.78 is 26.5. The van der Waals surface area contributed by atoms with E-state index in [0.29, 0.717) is 11.3 Å². The number of carbonyl (C=O) groups is 1. The summed E-state index contributed by atoms with van der Waals surface area (Å²) in [7, 11) is -3.60. The molecule has 100 valence electrons. The molecule has 0 radical (unpaired) electrons. The molecular weight excluding hydrogens is 301 g/mol. The predicted octanol–water partition coefficient (Wildman–Crippen LogP) is 2.43. The number of nitrogens with one attached hydrogen (secondary N) is 1. The molecular formula is C10H11Cl2NO4S. The molecule has 0 bridgehead atoms. The van der Waals surface area contributed by atoms with Gasteiger partial charge < -0.3 is 5.32 Å². The normalized spacial score (nSPS) is 11.3. The number of anilines is 1. The second kappa shape index (κ2) is 5.88. The van der Waals surface area contributed by atoms with Crippen LogP contribution in [0.15, 0.2) is 12.1 Å². The second-order valence-corrected chi connectivity index (χ2v) is 5.96. The summed E-state index contributed by atoms with van der Waals surface area (Å²) in [5.41, 5.74) is 0.649. The van der Waals surface area contributed by atoms with E-state index in [9.17, 15) is 13.2 Å². The largest absolute Gasteiger partial charge is 0.325 e. The lowest BCUT2D eigenvalue weighted by atomic mass is 10.2. The van der Waals surface area contributed by atoms with E-state index in [-0.39, 0.29) is 22.6 Å². The summed E-state index contributed by atoms with van der Waals surface area (Å²) >= 11 is 11.9. The van der Waals surface area contributed by atoms with E-state index in [2.05, 4.69) is 9.50 Å². The molecule has 0 aliphatic heterocycles. The maximum atomic E-state index is 10.9. The Kier molecular flexibility index (Phi) is 4.98. The first kappa shape index (κ1) is 15.2. The summed E-state index contributed by atoms with van der Waals surface area (Å²) in [6.07, 6.45) is 0.923. The van der Waals surface area contributed by atoms with E-state index in [1.54, 1.807) is 0 Å². The van der Waals surface area contributed by atoms with Crippen LogP contribution in [0.5, 0.6) is 0 Å². The van der Waals surface area contributed by atoms with E-state index < -0.39 is 10.1 Å². The first-order chi connectivity index (χ1) is 8.20. The highest BCUT2D eigenvalue weighted by Crippen LogP contribution is 2.32. The third kappa shape index (κ3) is 4.45. The molecule has 18 heavy (non-hydrogen) atoms. The Labute approximate surface area is 115 Å². The minimum Gasteiger partial charge on any atom is -0.325 e. The summed E-state index contributed by atoms with van der Waals surface area (Å²) in [5.74, 6) is -0.297. The highest BCUT2D eigenvalue weighted by atomic mass is 35.5. The number of rotatable bonds is 4. The second-order valence-electron chi connectivity index (χ2n) is 3.53. The zero-order chi connectivity index (χ0) is 13.9. The van der Waals surface area contributed by atoms with Gasteiger partial charge in [-0.15, -0.1) is 0 Å². The highest BCUT2D eigenvalue weighted by molar-refractivity contribution is 7.85. The van der Waals surface area contributed by atoms with Gasteiger partial charge in [0.1, 0.15) is 0 Å². The van der Waals surface area contributed by atoms with Gasteiger partial charge in [-0.25, -0.2) is 0 Å². The molecule has 0 spiro atoms. The van der Waals surface area contributed by atoms with Crippen LogP contribution < -0.4 is 5.32 Å². The van der Waals surface area contributed by atoms with Crippen molar-refractivity contribution in [3.05, 3.63) is 27.7 Å². The average molecular weight is 312 g/mol. The number of amides is 1. The number of halogens is 2. The van der Waals surface area contributed by atoms with Crippen molar-refractivity contribution in [3.8, 4) is 0 Å². The molecule has 1 amide bonds. The molecule has 1 aromatic carbocycles. The Morgan fingerprint density at radius 3 is 2.50 bits per heavy atom. The van der Waals surface area contributed by atoms with Crippen LogP contribution in [0, 0.1) is 0 Å². The van der Waals surface area contributed by atoms with Crippen molar-refractivity contribution in [2.24, 2.45) is 0 Å². The van der Waals surface area contributed by atoms with Gasteiger partial charge in [0.15, 0.2) is 0 Å². The molecule has 0 unspecified atom stereocenters. The minimum absolute atomic E-state index is 0.154. The molecule has 1 N–H and O–H groups in total. The Hall–Kier alpha value is -0.820. The van der Waals surface area contributed by atoms with Gasteiger partial charge in [0.2, 0.25) is 5.91 Å². The predicted molar refractivity (Wildman–Crippen MR) is 70.4 cm³/mol. The maximum absolute atomic E-state index is 10.9. The monoisotopic (exact) mass is 311 g/mol. The number of hydrogen-bond acceptors (Lipinski definition) is 4. The Morgan fingerprint density at radius 2 is 2.00 bits per heavy atom. The lowest BCUT2D eigenvalue weighted by Gasteiger charge is -2.11. The lowest BCUT2D eigenvalue weighted by molar-refractivity contribution is -0.114. The van der Waals surface area contributed by atoms with Crippen LogP contribution in [0.1, 0.15) is 12.5 Å². The topological polar surface area (TPSA) is 72.5 Å². The zero-order valence-corrected chi connectivity index (χ0v) is 12.0. The van der Waals surface area contributed by atoms with Crippen molar-refractivity contribution in [1.82, 2.24) is 0 Å². The van der Waals surface area contributed by atoms with Crippen molar-refractivity contribution in [3.63, 3.8) is 0 Å². The van der Waals surface area contributed by atoms with Crippen molar-refractivity contribution < 1.29 is 17.4 Å². The van der Waals surface area contributed by atoms with Gasteiger partial charge in [-0.05, 0) is 12.1 Å². The fraction of sp³-hybridized carbons (Fsp3) is 0.300. The summed E-state index contributed by atoms with van der Waals surface area (Å²) in [5, 5.41) is 2.92. The maximum Gasteiger partial charge on any atom is 0.264 e. The number of hydrogen-bond donors (Lipinski definition) is 1. The van der Waals surface area contributed by atoms with E-state index in [0.717, 1.165) is 6.26 Å². The van der Waals surface area contributed by atoms with Gasteiger partial charge in [0.25, 0.3) is 10.1 Å². The van der Waals surface area contributed by atoms with Gasteiger partial charge in [-0.1, -0.05) is 23.2 Å². The van der Waals surface area contributed by atoms with Gasteiger partial charge >= 0.3 is 0 Å². The first-order valence-electron chi connectivity index (χ1n) is 4.79. The number of benzene rings is 1. The quantitative estimate of drug-likeness (QED) is 0.867. The van der Waals surface area contributed by atoms with Crippen molar-refractivity contribution in [1.29, 1.82) is 0 Å². The summed E-state index contributed by atoms with van der Waals surface area (Å²) in [6, 6.07) is 3.02. The zero-order valence-electron chi connectivity index (χ0n) is 9.66. The molecule has 0 atom stereocenters. The van der Waals surface area contributed by atoms with Crippen molar-refractivity contribution >= 4 is 44.9 Å². The molecule has 0 aromatic heterocycles. The van der Waals surface area contributed by atoms with Crippen LogP contribution in [0.25, 0.3) is 0 Å². The minimum atomic E-state index is -3.60. The third-order valence-electron chi connectivity index (χ3n) is 1.91. The van der Waals surface area contributed by atoms with Gasteiger partial charge in [0.05, 0.1) is 23.6 Å². The molecule has 8 heteroatoms. The smallest absolute Gasteiger partial charge is 0.264 e. The molecule has 5 nitrogen and oxygen atoms in total. The van der Waals surface area contributed by atoms with Crippen molar-refractivity contribution in [2.45, 2.75) is 13.5 Å². The molecule has 1 rings (SSSR count). The van der Waals surface area contributed by atoms with Gasteiger partial charge in [-0.3, -0.25) is 8.98 Å². The summed E-state index contributed by atoms with van der Waals surface area (Å²) in [6.45, 7) is 1.04. The van der Waals surface area contributed by atoms with Crippen LogP contribution in [-0.2, 0) is 25.7 Å². The average Bonchev–Trinajstić information content (AvgIpc) is 2.20. The molecule has 0 saturated carbocycles. The molecule has 0 saturated heterocycles.